The van der Waals surface area contributed by atoms with E-state index in [1.54, 1.807) is 18.0 Å². The lowest BCUT2D eigenvalue weighted by atomic mass is 10.1. The lowest BCUT2D eigenvalue weighted by Gasteiger charge is -2.21. The van der Waals surface area contributed by atoms with Crippen LogP contribution in [0.1, 0.15) is 15.9 Å². The Balaban J connectivity index is 1.72. The van der Waals surface area contributed by atoms with Gasteiger partial charge < -0.3 is 18.8 Å². The van der Waals surface area contributed by atoms with Gasteiger partial charge in [-0.25, -0.2) is 0 Å². The molecule has 0 bridgehead atoms. The molecule has 1 aliphatic heterocycles. The van der Waals surface area contributed by atoms with E-state index in [0.29, 0.717) is 25.3 Å². The summed E-state index contributed by atoms with van der Waals surface area (Å²) in [6.07, 6.45) is 2.94. The maximum Gasteiger partial charge on any atom is 0.257 e. The van der Waals surface area contributed by atoms with E-state index in [1.807, 2.05) is 18.2 Å². The highest BCUT2D eigenvalue weighted by Crippen LogP contribution is 2.31. The zero-order valence-corrected chi connectivity index (χ0v) is 11.2. The Kier molecular flexibility index (Phi) is 3.33. The number of hydrogen-bond donors (Lipinski definition) is 0. The highest BCUT2D eigenvalue weighted by atomic mass is 16.6. The molecule has 5 nitrogen and oxygen atoms in total. The fourth-order valence-electron chi connectivity index (χ4n) is 2.14. The molecule has 1 aliphatic rings. The second kappa shape index (κ2) is 5.28. The van der Waals surface area contributed by atoms with Crippen LogP contribution in [-0.4, -0.2) is 31.1 Å². The van der Waals surface area contributed by atoms with Crippen molar-refractivity contribution in [2.45, 2.75) is 6.54 Å². The number of fused-ring (bicyclic) bond motifs is 1. The molecule has 1 amide bonds. The fourth-order valence-corrected chi connectivity index (χ4v) is 2.14. The SMILES string of the molecule is CN(Cc1ccc2c(c1)OCCO2)C(=O)c1ccoc1. The van der Waals surface area contributed by atoms with E-state index in [4.69, 9.17) is 13.9 Å². The molecule has 0 fully saturated rings. The molecule has 2 aromatic rings. The summed E-state index contributed by atoms with van der Waals surface area (Å²) in [7, 11) is 1.76. The van der Waals surface area contributed by atoms with Gasteiger partial charge in [-0.3, -0.25) is 4.79 Å². The van der Waals surface area contributed by atoms with Crippen molar-refractivity contribution in [3.8, 4) is 11.5 Å². The third-order valence-electron chi connectivity index (χ3n) is 3.14. The Labute approximate surface area is 116 Å². The van der Waals surface area contributed by atoms with Crippen LogP contribution in [0.15, 0.2) is 41.2 Å². The van der Waals surface area contributed by atoms with Crippen LogP contribution < -0.4 is 9.47 Å². The Morgan fingerprint density at radius 2 is 2.00 bits per heavy atom. The molecule has 0 atom stereocenters. The van der Waals surface area contributed by atoms with Gasteiger partial charge in [0.2, 0.25) is 0 Å². The average molecular weight is 273 g/mol. The molecule has 20 heavy (non-hydrogen) atoms. The molecule has 0 unspecified atom stereocenters. The van der Waals surface area contributed by atoms with E-state index in [0.717, 1.165) is 17.1 Å². The second-order valence-corrected chi connectivity index (χ2v) is 4.65. The summed E-state index contributed by atoms with van der Waals surface area (Å²) in [4.78, 5) is 13.7. The lowest BCUT2D eigenvalue weighted by Crippen LogP contribution is -2.26. The van der Waals surface area contributed by atoms with Crippen LogP contribution in [0.2, 0.25) is 0 Å². The van der Waals surface area contributed by atoms with Crippen molar-refractivity contribution in [3.05, 3.63) is 47.9 Å². The summed E-state index contributed by atoms with van der Waals surface area (Å²) in [6, 6.07) is 7.38. The Morgan fingerprint density at radius 3 is 2.75 bits per heavy atom. The van der Waals surface area contributed by atoms with Crippen molar-refractivity contribution in [1.82, 2.24) is 4.90 Å². The average Bonchev–Trinajstić information content (AvgIpc) is 3.00. The topological polar surface area (TPSA) is 51.9 Å². The van der Waals surface area contributed by atoms with Crippen LogP contribution in [0.3, 0.4) is 0 Å². The molecule has 0 spiro atoms. The smallest absolute Gasteiger partial charge is 0.257 e. The van der Waals surface area contributed by atoms with E-state index < -0.39 is 0 Å². The number of amides is 1. The van der Waals surface area contributed by atoms with Crippen LogP contribution in [0.5, 0.6) is 11.5 Å². The van der Waals surface area contributed by atoms with Gasteiger partial charge in [0.25, 0.3) is 5.91 Å². The van der Waals surface area contributed by atoms with Crippen LogP contribution >= 0.6 is 0 Å². The molecule has 0 aliphatic carbocycles. The molecule has 3 rings (SSSR count). The van der Waals surface area contributed by atoms with Gasteiger partial charge >= 0.3 is 0 Å². The van der Waals surface area contributed by atoms with Crippen molar-refractivity contribution in [2.75, 3.05) is 20.3 Å². The normalized spacial score (nSPS) is 13.1. The van der Waals surface area contributed by atoms with E-state index in [2.05, 4.69) is 0 Å². The standard InChI is InChI=1S/C15H15NO4/c1-16(15(17)12-4-5-18-10-12)9-11-2-3-13-14(8-11)20-7-6-19-13/h2-5,8,10H,6-7,9H2,1H3. The van der Waals surface area contributed by atoms with Crippen molar-refractivity contribution in [2.24, 2.45) is 0 Å². The Morgan fingerprint density at radius 1 is 1.20 bits per heavy atom. The summed E-state index contributed by atoms with van der Waals surface area (Å²) in [6.45, 7) is 1.63. The van der Waals surface area contributed by atoms with Crippen LogP contribution in [0, 0.1) is 0 Å². The zero-order valence-electron chi connectivity index (χ0n) is 11.2. The van der Waals surface area contributed by atoms with Crippen molar-refractivity contribution >= 4 is 5.91 Å². The molecule has 5 heteroatoms. The highest BCUT2D eigenvalue weighted by molar-refractivity contribution is 5.93. The number of carbonyl (C=O) groups is 1. The van der Waals surface area contributed by atoms with Crippen LogP contribution in [0.4, 0.5) is 0 Å². The molecule has 0 radical (unpaired) electrons. The number of benzene rings is 1. The van der Waals surface area contributed by atoms with Crippen molar-refractivity contribution in [3.63, 3.8) is 0 Å². The summed E-state index contributed by atoms with van der Waals surface area (Å²) in [5, 5.41) is 0. The van der Waals surface area contributed by atoms with E-state index in [1.165, 1.54) is 12.5 Å². The summed E-state index contributed by atoms with van der Waals surface area (Å²) >= 11 is 0. The number of rotatable bonds is 3. The summed E-state index contributed by atoms with van der Waals surface area (Å²) in [5.74, 6) is 1.41. The van der Waals surface area contributed by atoms with E-state index in [-0.39, 0.29) is 5.91 Å². The first kappa shape index (κ1) is 12.6. The number of ether oxygens (including phenoxy) is 2. The number of hydrogen-bond acceptors (Lipinski definition) is 4. The Hall–Kier alpha value is -2.43. The largest absolute Gasteiger partial charge is 0.486 e. The first-order chi connectivity index (χ1) is 9.74. The minimum Gasteiger partial charge on any atom is -0.486 e. The minimum atomic E-state index is -0.0753. The lowest BCUT2D eigenvalue weighted by molar-refractivity contribution is 0.0784. The van der Waals surface area contributed by atoms with Crippen molar-refractivity contribution < 1.29 is 18.7 Å². The number of furan rings is 1. The quantitative estimate of drug-likeness (QED) is 0.861. The molecular formula is C15H15NO4. The molecule has 1 aromatic heterocycles. The van der Waals surface area contributed by atoms with Gasteiger partial charge in [-0.2, -0.15) is 0 Å². The zero-order chi connectivity index (χ0) is 13.9. The van der Waals surface area contributed by atoms with Crippen molar-refractivity contribution in [1.29, 1.82) is 0 Å². The first-order valence-corrected chi connectivity index (χ1v) is 6.40. The van der Waals surface area contributed by atoms with Gasteiger partial charge in [-0.1, -0.05) is 6.07 Å². The molecule has 0 saturated carbocycles. The first-order valence-electron chi connectivity index (χ1n) is 6.40. The number of carbonyl (C=O) groups excluding carboxylic acids is 1. The summed E-state index contributed by atoms with van der Waals surface area (Å²) in [5.41, 5.74) is 1.54. The minimum absolute atomic E-state index is 0.0753. The van der Waals surface area contributed by atoms with E-state index in [9.17, 15) is 4.79 Å². The van der Waals surface area contributed by atoms with Crippen LogP contribution in [-0.2, 0) is 6.54 Å². The monoisotopic (exact) mass is 273 g/mol. The van der Waals surface area contributed by atoms with Gasteiger partial charge in [0.05, 0.1) is 11.8 Å². The number of nitrogens with zero attached hydrogens (tertiary/aromatic N) is 1. The van der Waals surface area contributed by atoms with Gasteiger partial charge in [-0.15, -0.1) is 0 Å². The second-order valence-electron chi connectivity index (χ2n) is 4.65. The van der Waals surface area contributed by atoms with Gasteiger partial charge in [0, 0.05) is 13.6 Å². The van der Waals surface area contributed by atoms with Gasteiger partial charge in [-0.05, 0) is 23.8 Å². The van der Waals surface area contributed by atoms with Gasteiger partial charge in [0.1, 0.15) is 19.5 Å². The van der Waals surface area contributed by atoms with Gasteiger partial charge in [0.15, 0.2) is 11.5 Å². The predicted octanol–water partition coefficient (Wildman–Crippen LogP) is 2.32. The molecule has 104 valence electrons. The summed E-state index contributed by atoms with van der Waals surface area (Å²) < 4.78 is 15.9. The maximum absolute atomic E-state index is 12.1. The van der Waals surface area contributed by atoms with Crippen LogP contribution in [0.25, 0.3) is 0 Å². The molecular weight excluding hydrogens is 258 g/mol. The third-order valence-corrected chi connectivity index (χ3v) is 3.14. The third kappa shape index (κ3) is 2.47. The molecule has 1 aromatic carbocycles. The Bertz CT molecular complexity index is 606. The molecule has 0 N–H and O–H groups in total. The predicted molar refractivity (Wildman–Crippen MR) is 71.9 cm³/mol. The molecule has 0 saturated heterocycles. The van der Waals surface area contributed by atoms with E-state index >= 15 is 0 Å². The fraction of sp³-hybridized carbons (Fsp3) is 0.267. The molecule has 2 heterocycles. The maximum atomic E-state index is 12.1. The highest BCUT2D eigenvalue weighted by Gasteiger charge is 2.16.